The number of fused-ring (bicyclic) bond motifs is 1. The molecule has 3 atom stereocenters. The Morgan fingerprint density at radius 1 is 1.34 bits per heavy atom. The fourth-order valence-electron chi connectivity index (χ4n) is 3.58. The number of aliphatic hydroxyl groups is 1. The number of carbonyl (C=O) groups excluding carboxylic acids is 1. The number of hydrogen-bond acceptors (Lipinski definition) is 6. The van der Waals surface area contributed by atoms with Crippen LogP contribution in [0.1, 0.15) is 44.4 Å². The molecule has 1 aliphatic rings. The molecule has 1 saturated carbocycles. The van der Waals surface area contributed by atoms with Crippen LogP contribution in [0.25, 0.3) is 22.0 Å². The van der Waals surface area contributed by atoms with E-state index in [9.17, 15) is 14.3 Å². The summed E-state index contributed by atoms with van der Waals surface area (Å²) in [6, 6.07) is 5.40. The van der Waals surface area contributed by atoms with Gasteiger partial charge in [0, 0.05) is 23.3 Å². The third-order valence-corrected chi connectivity index (χ3v) is 5.80. The molecule has 166 valence electrons. The van der Waals surface area contributed by atoms with Crippen LogP contribution in [0.3, 0.4) is 0 Å². The first-order valence-corrected chi connectivity index (χ1v) is 10.5. The number of nitrogens with two attached hydrogens (primary N) is 1. The van der Waals surface area contributed by atoms with Crippen molar-refractivity contribution in [1.29, 1.82) is 0 Å². The van der Waals surface area contributed by atoms with E-state index in [1.807, 2.05) is 26.0 Å². The summed E-state index contributed by atoms with van der Waals surface area (Å²) < 4.78 is 13.2. The van der Waals surface area contributed by atoms with E-state index in [4.69, 9.17) is 5.73 Å². The molecule has 3 aromatic heterocycles. The van der Waals surface area contributed by atoms with Crippen molar-refractivity contribution in [3.05, 3.63) is 54.5 Å². The second-order valence-corrected chi connectivity index (χ2v) is 8.69. The minimum absolute atomic E-state index is 0.130. The summed E-state index contributed by atoms with van der Waals surface area (Å²) in [6.45, 7) is 9.40. The van der Waals surface area contributed by atoms with Gasteiger partial charge in [-0.25, -0.2) is 14.4 Å². The highest BCUT2D eigenvalue weighted by Gasteiger charge is 2.43. The van der Waals surface area contributed by atoms with Crippen LogP contribution in [-0.4, -0.2) is 32.1 Å². The Kier molecular flexibility index (Phi) is 5.42. The molecule has 1 fully saturated rings. The van der Waals surface area contributed by atoms with Gasteiger partial charge in [-0.1, -0.05) is 26.5 Å². The summed E-state index contributed by atoms with van der Waals surface area (Å²) in [5, 5.41) is 14.6. The molecular formula is C24H26FN5O2. The third-order valence-electron chi connectivity index (χ3n) is 5.80. The van der Waals surface area contributed by atoms with Crippen molar-refractivity contribution in [2.75, 3.05) is 11.1 Å². The molecule has 4 rings (SSSR count). The van der Waals surface area contributed by atoms with Gasteiger partial charge >= 0.3 is 0 Å². The molecule has 0 spiro atoms. The van der Waals surface area contributed by atoms with Crippen molar-refractivity contribution in [1.82, 2.24) is 15.0 Å². The Hall–Kier alpha value is -3.39. The van der Waals surface area contributed by atoms with Crippen LogP contribution in [0.4, 0.5) is 16.0 Å². The molecule has 0 saturated heterocycles. The van der Waals surface area contributed by atoms with Crippen LogP contribution in [0, 0.1) is 5.92 Å². The van der Waals surface area contributed by atoms with Gasteiger partial charge in [-0.3, -0.25) is 9.78 Å². The number of rotatable bonds is 6. The van der Waals surface area contributed by atoms with Crippen LogP contribution < -0.4 is 11.1 Å². The van der Waals surface area contributed by atoms with Crippen LogP contribution in [0.5, 0.6) is 0 Å². The number of halogens is 1. The Morgan fingerprint density at radius 3 is 2.69 bits per heavy atom. The van der Waals surface area contributed by atoms with E-state index < -0.39 is 17.7 Å². The number of aromatic nitrogens is 3. The van der Waals surface area contributed by atoms with Crippen molar-refractivity contribution in [3.8, 4) is 11.3 Å². The monoisotopic (exact) mass is 435 g/mol. The average Bonchev–Trinajstić information content (AvgIpc) is 3.49. The second-order valence-electron chi connectivity index (χ2n) is 8.69. The van der Waals surface area contributed by atoms with E-state index in [0.717, 1.165) is 16.5 Å². The van der Waals surface area contributed by atoms with Crippen LogP contribution in [-0.2, 0) is 10.4 Å². The molecule has 1 amide bonds. The molecule has 7 nitrogen and oxygen atoms in total. The van der Waals surface area contributed by atoms with Crippen LogP contribution >= 0.6 is 0 Å². The number of amides is 1. The molecule has 1 unspecified atom stereocenters. The summed E-state index contributed by atoms with van der Waals surface area (Å²) in [5.74, 6) is -0.214. The minimum atomic E-state index is -1.25. The topological polar surface area (TPSA) is 114 Å². The minimum Gasteiger partial charge on any atom is -0.383 e. The number of alkyl halides is 1. The normalized spacial score (nSPS) is 19.6. The van der Waals surface area contributed by atoms with E-state index in [2.05, 4.69) is 26.8 Å². The van der Waals surface area contributed by atoms with Crippen molar-refractivity contribution in [2.24, 2.45) is 5.92 Å². The molecule has 8 heteroatoms. The Balaban J connectivity index is 1.77. The van der Waals surface area contributed by atoms with Gasteiger partial charge in [0.1, 0.15) is 23.4 Å². The first-order chi connectivity index (χ1) is 15.1. The quantitative estimate of drug-likeness (QED) is 0.503. The van der Waals surface area contributed by atoms with Gasteiger partial charge in [0.25, 0.3) is 0 Å². The lowest BCUT2D eigenvalue weighted by atomic mass is 9.92. The van der Waals surface area contributed by atoms with Crippen molar-refractivity contribution in [3.63, 3.8) is 0 Å². The van der Waals surface area contributed by atoms with Crippen LogP contribution in [0.2, 0.25) is 0 Å². The number of pyridine rings is 3. The lowest BCUT2D eigenvalue weighted by molar-refractivity contribution is -0.117. The maximum absolute atomic E-state index is 13.2. The molecule has 32 heavy (non-hydrogen) atoms. The van der Waals surface area contributed by atoms with Crippen molar-refractivity contribution < 1.29 is 14.3 Å². The highest BCUT2D eigenvalue weighted by atomic mass is 19.1. The van der Waals surface area contributed by atoms with Crippen LogP contribution in [0.15, 0.2) is 43.2 Å². The summed E-state index contributed by atoms with van der Waals surface area (Å²) in [7, 11) is 0. The standard InChI is InChI=1S/C24H26FN5O2/c1-5-24(4,32)20-9-14(12(2)3)17(11-27-20)19-6-13-7-21(28-10-16(13)22(26)29-19)30-23(31)15-8-18(15)25/h5-7,9-12,15,18,32H,1,8H2,2-4H3,(H2,26,29)(H,28,30,31)/t15-,18+,24?/m0/s1. The number of nitrogens with one attached hydrogen (secondary N) is 1. The smallest absolute Gasteiger partial charge is 0.231 e. The molecular weight excluding hydrogens is 409 g/mol. The van der Waals surface area contributed by atoms with Gasteiger partial charge in [0.05, 0.1) is 17.3 Å². The fourth-order valence-corrected chi connectivity index (χ4v) is 3.58. The summed E-state index contributed by atoms with van der Waals surface area (Å²) >= 11 is 0. The largest absolute Gasteiger partial charge is 0.383 e. The van der Waals surface area contributed by atoms with Gasteiger partial charge in [-0.05, 0) is 48.4 Å². The number of carbonyl (C=O) groups is 1. The van der Waals surface area contributed by atoms with Crippen molar-refractivity contribution >= 4 is 28.3 Å². The lowest BCUT2D eigenvalue weighted by Crippen LogP contribution is -2.19. The van der Waals surface area contributed by atoms with E-state index in [1.54, 1.807) is 25.4 Å². The molecule has 3 aromatic rings. The van der Waals surface area contributed by atoms with E-state index in [1.165, 1.54) is 6.08 Å². The van der Waals surface area contributed by atoms with Gasteiger partial charge in [-0.15, -0.1) is 0 Å². The van der Waals surface area contributed by atoms with E-state index in [-0.39, 0.29) is 18.2 Å². The number of nitrogens with zero attached hydrogens (tertiary/aromatic N) is 3. The summed E-state index contributed by atoms with van der Waals surface area (Å²) in [6.07, 6.45) is 3.84. The van der Waals surface area contributed by atoms with E-state index >= 15 is 0 Å². The highest BCUT2D eigenvalue weighted by molar-refractivity contribution is 5.98. The zero-order valence-corrected chi connectivity index (χ0v) is 18.3. The third kappa shape index (κ3) is 4.05. The molecule has 0 radical (unpaired) electrons. The Labute approximate surface area is 185 Å². The summed E-state index contributed by atoms with van der Waals surface area (Å²) in [5.41, 5.74) is 7.81. The van der Waals surface area contributed by atoms with Gasteiger partial charge in [0.2, 0.25) is 5.91 Å². The van der Waals surface area contributed by atoms with E-state index in [0.29, 0.717) is 28.4 Å². The first-order valence-electron chi connectivity index (χ1n) is 10.5. The molecule has 4 N–H and O–H groups in total. The van der Waals surface area contributed by atoms with Gasteiger partial charge < -0.3 is 16.2 Å². The fraction of sp³-hybridized carbons (Fsp3) is 0.333. The first kappa shape index (κ1) is 21.8. The lowest BCUT2D eigenvalue weighted by Gasteiger charge is -2.21. The van der Waals surface area contributed by atoms with Crippen molar-refractivity contribution in [2.45, 2.75) is 44.9 Å². The molecule has 0 aromatic carbocycles. The Morgan fingerprint density at radius 2 is 2.06 bits per heavy atom. The maximum Gasteiger partial charge on any atom is 0.231 e. The predicted molar refractivity (Wildman–Crippen MR) is 123 cm³/mol. The van der Waals surface area contributed by atoms with Gasteiger partial charge in [-0.2, -0.15) is 0 Å². The zero-order chi connectivity index (χ0) is 23.2. The SMILES string of the molecule is C=CC(C)(O)c1cc(C(C)C)c(-c2cc3cc(NC(=O)[C@H]4C[C@H]4F)ncc3c(N)n2)cn1. The highest BCUT2D eigenvalue weighted by Crippen LogP contribution is 2.36. The zero-order valence-electron chi connectivity index (χ0n) is 18.3. The molecule has 3 heterocycles. The molecule has 0 bridgehead atoms. The number of anilines is 2. The predicted octanol–water partition coefficient (Wildman–Crippen LogP) is 4.09. The van der Waals surface area contributed by atoms with Gasteiger partial charge in [0.15, 0.2) is 0 Å². The second kappa shape index (κ2) is 7.94. The molecule has 1 aliphatic carbocycles. The molecule has 0 aliphatic heterocycles. The number of nitrogen functional groups attached to an aromatic ring is 1. The number of hydrogen-bond donors (Lipinski definition) is 3. The Bertz CT molecular complexity index is 1220. The maximum atomic E-state index is 13.2. The summed E-state index contributed by atoms with van der Waals surface area (Å²) in [4.78, 5) is 25.3. The average molecular weight is 436 g/mol.